The number of ketones is 1. The van der Waals surface area contributed by atoms with E-state index in [1.165, 1.54) is 7.11 Å². The summed E-state index contributed by atoms with van der Waals surface area (Å²) in [5.74, 6) is -0.166. The van der Waals surface area contributed by atoms with Crippen LogP contribution in [0.15, 0.2) is 0 Å². The summed E-state index contributed by atoms with van der Waals surface area (Å²) in [4.78, 5) is 23.0. The van der Waals surface area contributed by atoms with Crippen LogP contribution in [0, 0.1) is 11.8 Å². The zero-order valence-corrected chi connectivity index (χ0v) is 10.6. The molecule has 0 aromatic carbocycles. The van der Waals surface area contributed by atoms with E-state index in [2.05, 4.69) is 4.74 Å². The molecule has 0 aliphatic heterocycles. The van der Waals surface area contributed by atoms with E-state index in [0.29, 0.717) is 19.3 Å². The quantitative estimate of drug-likeness (QED) is 0.518. The standard InChI is InChI=1S/C12H20O5/c1-15-11(14)6-8-4-5-10(13)9(8)7-12(16-2)17-3/h8-9,12H,4-7H2,1-3H3/t8-,9-/m1/s1. The molecule has 17 heavy (non-hydrogen) atoms. The molecule has 0 N–H and O–H groups in total. The van der Waals surface area contributed by atoms with Crippen LogP contribution in [0.2, 0.25) is 0 Å². The smallest absolute Gasteiger partial charge is 0.305 e. The molecule has 1 fully saturated rings. The van der Waals surface area contributed by atoms with Crippen molar-refractivity contribution >= 4 is 11.8 Å². The molecular formula is C12H20O5. The molecular weight excluding hydrogens is 224 g/mol. The van der Waals surface area contributed by atoms with Gasteiger partial charge in [0.1, 0.15) is 5.78 Å². The van der Waals surface area contributed by atoms with Gasteiger partial charge in [-0.15, -0.1) is 0 Å². The van der Waals surface area contributed by atoms with Crippen molar-refractivity contribution in [2.75, 3.05) is 21.3 Å². The summed E-state index contributed by atoms with van der Waals surface area (Å²) in [6.07, 6.45) is 1.70. The zero-order chi connectivity index (χ0) is 12.8. The Balaban J connectivity index is 2.58. The number of hydrogen-bond donors (Lipinski definition) is 0. The van der Waals surface area contributed by atoms with Crippen LogP contribution in [0.1, 0.15) is 25.7 Å². The van der Waals surface area contributed by atoms with Gasteiger partial charge >= 0.3 is 5.97 Å². The topological polar surface area (TPSA) is 61.8 Å². The first-order chi connectivity index (χ1) is 8.12. The van der Waals surface area contributed by atoms with Gasteiger partial charge in [0.05, 0.1) is 7.11 Å². The molecule has 0 saturated heterocycles. The van der Waals surface area contributed by atoms with Crippen LogP contribution in [0.5, 0.6) is 0 Å². The second-order valence-electron chi connectivity index (χ2n) is 4.29. The zero-order valence-electron chi connectivity index (χ0n) is 10.6. The maximum absolute atomic E-state index is 11.8. The number of ether oxygens (including phenoxy) is 3. The molecule has 5 heteroatoms. The van der Waals surface area contributed by atoms with Crippen LogP contribution in [0.25, 0.3) is 0 Å². The van der Waals surface area contributed by atoms with E-state index in [1.54, 1.807) is 14.2 Å². The predicted octanol–water partition coefficient (Wildman–Crippen LogP) is 1.15. The third-order valence-corrected chi connectivity index (χ3v) is 3.37. The molecule has 0 spiro atoms. The monoisotopic (exact) mass is 244 g/mol. The summed E-state index contributed by atoms with van der Waals surface area (Å²) in [5.41, 5.74) is 0. The van der Waals surface area contributed by atoms with Gasteiger partial charge in [-0.3, -0.25) is 9.59 Å². The van der Waals surface area contributed by atoms with Gasteiger partial charge in [-0.05, 0) is 12.3 Å². The largest absolute Gasteiger partial charge is 0.469 e. The Bertz CT molecular complexity index is 272. The summed E-state index contributed by atoms with van der Waals surface area (Å²) in [7, 11) is 4.45. The van der Waals surface area contributed by atoms with Crippen LogP contribution in [0.4, 0.5) is 0 Å². The highest BCUT2D eigenvalue weighted by Crippen LogP contribution is 2.35. The molecule has 1 aliphatic carbocycles. The number of Topliss-reactive ketones (excluding diaryl/α,β-unsaturated/α-hetero) is 1. The van der Waals surface area contributed by atoms with Crippen molar-refractivity contribution in [2.24, 2.45) is 11.8 Å². The number of carbonyl (C=O) groups excluding carboxylic acids is 2. The molecule has 0 aromatic heterocycles. The summed E-state index contributed by atoms with van der Waals surface area (Å²) >= 11 is 0. The van der Waals surface area contributed by atoms with Crippen LogP contribution >= 0.6 is 0 Å². The number of carbonyl (C=O) groups is 2. The molecule has 5 nitrogen and oxygen atoms in total. The van der Waals surface area contributed by atoms with Crippen molar-refractivity contribution in [2.45, 2.75) is 32.0 Å². The summed E-state index contributed by atoms with van der Waals surface area (Å²) in [6, 6.07) is 0. The fourth-order valence-corrected chi connectivity index (χ4v) is 2.34. The normalized spacial score (nSPS) is 24.4. The van der Waals surface area contributed by atoms with E-state index in [9.17, 15) is 9.59 Å². The van der Waals surface area contributed by atoms with E-state index in [-0.39, 0.29) is 29.9 Å². The second kappa shape index (κ2) is 6.71. The van der Waals surface area contributed by atoms with E-state index < -0.39 is 0 Å². The average molecular weight is 244 g/mol. The molecule has 2 atom stereocenters. The lowest BCUT2D eigenvalue weighted by Crippen LogP contribution is -2.25. The molecule has 1 aliphatic rings. The van der Waals surface area contributed by atoms with Gasteiger partial charge in [0.25, 0.3) is 0 Å². The second-order valence-corrected chi connectivity index (χ2v) is 4.29. The van der Waals surface area contributed by atoms with Crippen LogP contribution in [-0.2, 0) is 23.8 Å². The molecule has 0 unspecified atom stereocenters. The third-order valence-electron chi connectivity index (χ3n) is 3.37. The van der Waals surface area contributed by atoms with Crippen molar-refractivity contribution in [1.82, 2.24) is 0 Å². The summed E-state index contributed by atoms with van der Waals surface area (Å²) < 4.78 is 14.8. The first kappa shape index (κ1) is 14.1. The number of esters is 1. The Morgan fingerprint density at radius 1 is 1.35 bits per heavy atom. The summed E-state index contributed by atoms with van der Waals surface area (Å²) in [5, 5.41) is 0. The Labute approximate surface area is 101 Å². The van der Waals surface area contributed by atoms with E-state index in [4.69, 9.17) is 9.47 Å². The highest BCUT2D eigenvalue weighted by molar-refractivity contribution is 5.84. The fourth-order valence-electron chi connectivity index (χ4n) is 2.34. The van der Waals surface area contributed by atoms with Crippen molar-refractivity contribution in [1.29, 1.82) is 0 Å². The number of hydrogen-bond acceptors (Lipinski definition) is 5. The number of methoxy groups -OCH3 is 3. The van der Waals surface area contributed by atoms with Crippen molar-refractivity contribution in [3.63, 3.8) is 0 Å². The Morgan fingerprint density at radius 3 is 2.53 bits per heavy atom. The van der Waals surface area contributed by atoms with Crippen LogP contribution in [-0.4, -0.2) is 39.4 Å². The third kappa shape index (κ3) is 3.78. The van der Waals surface area contributed by atoms with E-state index in [0.717, 1.165) is 6.42 Å². The van der Waals surface area contributed by atoms with Gasteiger partial charge in [-0.2, -0.15) is 0 Å². The molecule has 98 valence electrons. The molecule has 0 bridgehead atoms. The lowest BCUT2D eigenvalue weighted by Gasteiger charge is -2.21. The van der Waals surface area contributed by atoms with Crippen LogP contribution < -0.4 is 0 Å². The molecule has 1 saturated carbocycles. The Kier molecular flexibility index (Phi) is 5.58. The van der Waals surface area contributed by atoms with Crippen molar-refractivity contribution in [3.05, 3.63) is 0 Å². The van der Waals surface area contributed by atoms with Gasteiger partial charge in [-0.1, -0.05) is 0 Å². The van der Waals surface area contributed by atoms with E-state index >= 15 is 0 Å². The van der Waals surface area contributed by atoms with Crippen molar-refractivity contribution < 1.29 is 23.8 Å². The fraction of sp³-hybridized carbons (Fsp3) is 0.833. The lowest BCUT2D eigenvalue weighted by atomic mass is 9.89. The SMILES string of the molecule is COC(=O)C[C@H]1CCC(=O)[C@@H]1CC(OC)OC. The highest BCUT2D eigenvalue weighted by Gasteiger charge is 2.37. The van der Waals surface area contributed by atoms with Gasteiger partial charge in [0.15, 0.2) is 6.29 Å². The van der Waals surface area contributed by atoms with Gasteiger partial charge in [-0.25, -0.2) is 0 Å². The van der Waals surface area contributed by atoms with Gasteiger partial charge in [0, 0.05) is 39.4 Å². The minimum atomic E-state index is -0.387. The van der Waals surface area contributed by atoms with Crippen molar-refractivity contribution in [3.8, 4) is 0 Å². The number of rotatable bonds is 6. The lowest BCUT2D eigenvalue weighted by molar-refractivity contribution is -0.144. The van der Waals surface area contributed by atoms with Crippen LogP contribution in [0.3, 0.4) is 0 Å². The molecule has 0 radical (unpaired) electrons. The maximum atomic E-state index is 11.8. The average Bonchev–Trinajstić information content (AvgIpc) is 2.67. The van der Waals surface area contributed by atoms with Gasteiger partial charge in [0.2, 0.25) is 0 Å². The molecule has 1 rings (SSSR count). The maximum Gasteiger partial charge on any atom is 0.305 e. The molecule has 0 heterocycles. The molecule has 0 amide bonds. The van der Waals surface area contributed by atoms with Gasteiger partial charge < -0.3 is 14.2 Å². The highest BCUT2D eigenvalue weighted by atomic mass is 16.7. The first-order valence-electron chi connectivity index (χ1n) is 5.77. The van der Waals surface area contributed by atoms with E-state index in [1.807, 2.05) is 0 Å². The molecule has 0 aromatic rings. The Hall–Kier alpha value is -0.940. The predicted molar refractivity (Wildman–Crippen MR) is 60.3 cm³/mol. The minimum Gasteiger partial charge on any atom is -0.469 e. The minimum absolute atomic E-state index is 0.0581. The Morgan fingerprint density at radius 2 is 2.00 bits per heavy atom. The first-order valence-corrected chi connectivity index (χ1v) is 5.77. The summed E-state index contributed by atoms with van der Waals surface area (Å²) in [6.45, 7) is 0.